The highest BCUT2D eigenvalue weighted by molar-refractivity contribution is 7.80. The molecule has 19 heavy (non-hydrogen) atoms. The molecule has 0 rings (SSSR count). The lowest BCUT2D eigenvalue weighted by atomic mass is 9.97. The molecule has 0 aliphatic heterocycles. The summed E-state index contributed by atoms with van der Waals surface area (Å²) in [6.45, 7) is 5.97. The maximum Gasteiger partial charge on any atom is 0.225 e. The van der Waals surface area contributed by atoms with E-state index in [0.717, 1.165) is 25.7 Å². The number of amides is 1. The standard InChI is InChI=1S/C14H28N2O2S/c1-4-6-7-12(5-2)14(17)16(10-11-18-3)9-8-13(15)19/h12H,4-11H2,1-3H3,(H2,15,19). The van der Waals surface area contributed by atoms with Crippen molar-refractivity contribution in [2.45, 2.75) is 46.0 Å². The highest BCUT2D eigenvalue weighted by atomic mass is 32.1. The van der Waals surface area contributed by atoms with E-state index >= 15 is 0 Å². The Hall–Kier alpha value is -0.680. The number of hydrogen-bond acceptors (Lipinski definition) is 3. The molecule has 0 radical (unpaired) electrons. The van der Waals surface area contributed by atoms with E-state index < -0.39 is 0 Å². The first-order chi connectivity index (χ1) is 9.06. The first-order valence-electron chi connectivity index (χ1n) is 7.12. The summed E-state index contributed by atoms with van der Waals surface area (Å²) < 4.78 is 5.07. The number of rotatable bonds is 11. The quantitative estimate of drug-likeness (QED) is 0.593. The first kappa shape index (κ1) is 18.3. The minimum absolute atomic E-state index is 0.114. The van der Waals surface area contributed by atoms with Crippen molar-refractivity contribution in [3.05, 3.63) is 0 Å². The van der Waals surface area contributed by atoms with Crippen molar-refractivity contribution in [1.82, 2.24) is 4.90 Å². The van der Waals surface area contributed by atoms with E-state index in [-0.39, 0.29) is 11.8 Å². The van der Waals surface area contributed by atoms with Crippen molar-refractivity contribution in [3.8, 4) is 0 Å². The van der Waals surface area contributed by atoms with Crippen molar-refractivity contribution in [2.24, 2.45) is 11.7 Å². The second kappa shape index (κ2) is 11.2. The van der Waals surface area contributed by atoms with Crippen LogP contribution in [0.4, 0.5) is 0 Å². The molecule has 0 bridgehead atoms. The van der Waals surface area contributed by atoms with Crippen LogP contribution in [0, 0.1) is 5.92 Å². The fourth-order valence-electron chi connectivity index (χ4n) is 1.99. The zero-order valence-electron chi connectivity index (χ0n) is 12.5. The molecule has 0 saturated heterocycles. The Morgan fingerprint density at radius 2 is 2.05 bits per heavy atom. The summed E-state index contributed by atoms with van der Waals surface area (Å²) in [5.74, 6) is 0.326. The number of thiocarbonyl (C=S) groups is 1. The minimum Gasteiger partial charge on any atom is -0.393 e. The van der Waals surface area contributed by atoms with Gasteiger partial charge in [0, 0.05) is 32.5 Å². The Bertz CT molecular complexity index is 272. The molecule has 0 fully saturated rings. The minimum atomic E-state index is 0.114. The zero-order valence-corrected chi connectivity index (χ0v) is 13.3. The van der Waals surface area contributed by atoms with Gasteiger partial charge in [-0.3, -0.25) is 4.79 Å². The molecular formula is C14H28N2O2S. The van der Waals surface area contributed by atoms with Crippen LogP contribution in [0.3, 0.4) is 0 Å². The average Bonchev–Trinajstić information content (AvgIpc) is 2.39. The van der Waals surface area contributed by atoms with Crippen LogP contribution in [0.1, 0.15) is 46.0 Å². The smallest absolute Gasteiger partial charge is 0.225 e. The summed E-state index contributed by atoms with van der Waals surface area (Å²) in [4.78, 5) is 14.8. The van der Waals surface area contributed by atoms with Crippen molar-refractivity contribution >= 4 is 23.1 Å². The maximum atomic E-state index is 12.5. The molecule has 0 aliphatic carbocycles. The number of ether oxygens (including phenoxy) is 1. The molecule has 5 heteroatoms. The molecule has 0 heterocycles. The Kier molecular flexibility index (Phi) is 10.8. The van der Waals surface area contributed by atoms with E-state index in [1.807, 2.05) is 4.90 Å². The predicted molar refractivity (Wildman–Crippen MR) is 83.2 cm³/mol. The van der Waals surface area contributed by atoms with Crippen LogP contribution < -0.4 is 5.73 Å². The molecule has 2 N–H and O–H groups in total. The Labute approximate surface area is 122 Å². The number of nitrogens with two attached hydrogens (primary N) is 1. The normalized spacial score (nSPS) is 12.2. The number of hydrogen-bond donors (Lipinski definition) is 1. The largest absolute Gasteiger partial charge is 0.393 e. The van der Waals surface area contributed by atoms with Crippen molar-refractivity contribution in [1.29, 1.82) is 0 Å². The predicted octanol–water partition coefficient (Wildman–Crippen LogP) is 2.35. The van der Waals surface area contributed by atoms with Crippen LogP contribution in [0.25, 0.3) is 0 Å². The van der Waals surface area contributed by atoms with Gasteiger partial charge < -0.3 is 15.4 Å². The van der Waals surface area contributed by atoms with Gasteiger partial charge in [-0.2, -0.15) is 0 Å². The van der Waals surface area contributed by atoms with Crippen LogP contribution in [-0.4, -0.2) is 42.6 Å². The Morgan fingerprint density at radius 3 is 2.53 bits per heavy atom. The van der Waals surface area contributed by atoms with Crippen molar-refractivity contribution in [2.75, 3.05) is 26.8 Å². The van der Waals surface area contributed by atoms with Gasteiger partial charge in [0.1, 0.15) is 0 Å². The van der Waals surface area contributed by atoms with E-state index in [2.05, 4.69) is 13.8 Å². The van der Waals surface area contributed by atoms with Gasteiger partial charge in [-0.25, -0.2) is 0 Å². The number of unbranched alkanes of at least 4 members (excludes halogenated alkanes) is 1. The van der Waals surface area contributed by atoms with Crippen LogP contribution in [0.15, 0.2) is 0 Å². The number of methoxy groups -OCH3 is 1. The summed E-state index contributed by atoms with van der Waals surface area (Å²) in [6.07, 6.45) is 4.64. The summed E-state index contributed by atoms with van der Waals surface area (Å²) >= 11 is 4.89. The van der Waals surface area contributed by atoms with Gasteiger partial charge in [0.2, 0.25) is 5.91 Å². The third-order valence-electron chi connectivity index (χ3n) is 3.25. The van der Waals surface area contributed by atoms with Gasteiger partial charge in [-0.05, 0) is 12.8 Å². The average molecular weight is 288 g/mol. The lowest BCUT2D eigenvalue weighted by molar-refractivity contribution is -0.136. The van der Waals surface area contributed by atoms with Gasteiger partial charge in [0.05, 0.1) is 11.6 Å². The molecule has 1 amide bonds. The third-order valence-corrected chi connectivity index (χ3v) is 3.46. The molecular weight excluding hydrogens is 260 g/mol. The zero-order chi connectivity index (χ0) is 14.7. The lowest BCUT2D eigenvalue weighted by Gasteiger charge is -2.26. The maximum absolute atomic E-state index is 12.5. The first-order valence-corrected chi connectivity index (χ1v) is 7.53. The second-order valence-corrected chi connectivity index (χ2v) is 5.31. The molecule has 112 valence electrons. The van der Waals surface area contributed by atoms with E-state index in [9.17, 15) is 4.79 Å². The van der Waals surface area contributed by atoms with Gasteiger partial charge in [-0.1, -0.05) is 38.9 Å². The fourth-order valence-corrected chi connectivity index (χ4v) is 2.08. The van der Waals surface area contributed by atoms with Crippen molar-refractivity contribution in [3.63, 3.8) is 0 Å². The molecule has 0 aromatic heterocycles. The molecule has 1 unspecified atom stereocenters. The van der Waals surface area contributed by atoms with Gasteiger partial charge in [0.25, 0.3) is 0 Å². The molecule has 0 aliphatic rings. The lowest BCUT2D eigenvalue weighted by Crippen LogP contribution is -2.40. The Morgan fingerprint density at radius 1 is 1.37 bits per heavy atom. The SMILES string of the molecule is CCCCC(CC)C(=O)N(CCOC)CCC(N)=S. The summed E-state index contributed by atoms with van der Waals surface area (Å²) in [7, 11) is 1.64. The third kappa shape index (κ3) is 8.16. The molecule has 0 aromatic rings. The van der Waals surface area contributed by atoms with Gasteiger partial charge in [0.15, 0.2) is 0 Å². The van der Waals surface area contributed by atoms with Crippen LogP contribution >= 0.6 is 12.2 Å². The van der Waals surface area contributed by atoms with Gasteiger partial charge in [-0.15, -0.1) is 0 Å². The fraction of sp³-hybridized carbons (Fsp3) is 0.857. The van der Waals surface area contributed by atoms with E-state index in [4.69, 9.17) is 22.7 Å². The molecule has 1 atom stereocenters. The molecule has 4 nitrogen and oxygen atoms in total. The molecule has 0 aromatic carbocycles. The van der Waals surface area contributed by atoms with Crippen LogP contribution in [0.2, 0.25) is 0 Å². The second-order valence-electron chi connectivity index (χ2n) is 4.78. The number of carbonyl (C=O) groups is 1. The van der Waals surface area contributed by atoms with Crippen LogP contribution in [0.5, 0.6) is 0 Å². The number of nitrogens with zero attached hydrogens (tertiary/aromatic N) is 1. The summed E-state index contributed by atoms with van der Waals surface area (Å²) in [5.41, 5.74) is 5.52. The highest BCUT2D eigenvalue weighted by Crippen LogP contribution is 2.16. The molecule has 0 spiro atoms. The van der Waals surface area contributed by atoms with E-state index in [0.29, 0.717) is 31.1 Å². The van der Waals surface area contributed by atoms with Crippen LogP contribution in [-0.2, 0) is 9.53 Å². The van der Waals surface area contributed by atoms with E-state index in [1.54, 1.807) is 7.11 Å². The topological polar surface area (TPSA) is 55.6 Å². The summed E-state index contributed by atoms with van der Waals surface area (Å²) in [6, 6.07) is 0. The van der Waals surface area contributed by atoms with Gasteiger partial charge >= 0.3 is 0 Å². The molecule has 0 saturated carbocycles. The highest BCUT2D eigenvalue weighted by Gasteiger charge is 2.22. The summed E-state index contributed by atoms with van der Waals surface area (Å²) in [5, 5.41) is 0. The number of carbonyl (C=O) groups excluding carboxylic acids is 1. The van der Waals surface area contributed by atoms with E-state index in [1.165, 1.54) is 0 Å². The van der Waals surface area contributed by atoms with Crippen molar-refractivity contribution < 1.29 is 9.53 Å². The Balaban J connectivity index is 4.50. The monoisotopic (exact) mass is 288 g/mol.